The number of aliphatic hydroxyl groups is 1. The van der Waals surface area contributed by atoms with Crippen LogP contribution in [0.3, 0.4) is 0 Å². The number of ether oxygens (including phenoxy) is 2. The standard InChI is InChI=1S/C27H25F6N3O6S2/c28-26(29,30)18-10-16(11-19(13-18)27(31,32)33)15-1-2-21(42-8-5-35-3-6-41-7-4-35)17(9-15)12-22-23(38)36(25(43)44-22)34-14-20(37)24(39)40/h1-2,9-13,20,34,37H,3-8,14H2,(H,39,40). The minimum absolute atomic E-state index is 0.00233. The molecule has 17 heteroatoms. The van der Waals surface area contributed by atoms with Crippen molar-refractivity contribution < 1.29 is 55.6 Å². The summed E-state index contributed by atoms with van der Waals surface area (Å²) in [6.45, 7) is 2.60. The Labute approximate surface area is 256 Å². The van der Waals surface area contributed by atoms with Gasteiger partial charge in [0.1, 0.15) is 12.4 Å². The van der Waals surface area contributed by atoms with Crippen molar-refractivity contribution in [2.24, 2.45) is 0 Å². The number of carbonyl (C=O) groups excluding carboxylic acids is 1. The number of aliphatic hydroxyl groups excluding tert-OH is 1. The Morgan fingerprint density at radius 3 is 2.30 bits per heavy atom. The van der Waals surface area contributed by atoms with Gasteiger partial charge in [0.05, 0.1) is 35.8 Å². The second kappa shape index (κ2) is 13.8. The van der Waals surface area contributed by atoms with Gasteiger partial charge in [-0.2, -0.15) is 26.3 Å². The summed E-state index contributed by atoms with van der Waals surface area (Å²) in [6, 6.07) is 5.24. The van der Waals surface area contributed by atoms with Gasteiger partial charge < -0.3 is 19.7 Å². The summed E-state index contributed by atoms with van der Waals surface area (Å²) >= 11 is 5.99. The van der Waals surface area contributed by atoms with Gasteiger partial charge in [0.2, 0.25) is 0 Å². The molecule has 0 bridgehead atoms. The van der Waals surface area contributed by atoms with Gasteiger partial charge >= 0.3 is 18.3 Å². The summed E-state index contributed by atoms with van der Waals surface area (Å²) < 4.78 is 92.3. The second-order valence-electron chi connectivity index (χ2n) is 9.58. The number of hydrazine groups is 1. The molecule has 2 saturated heterocycles. The summed E-state index contributed by atoms with van der Waals surface area (Å²) in [5, 5.41) is 19.2. The van der Waals surface area contributed by atoms with Crippen LogP contribution in [0.15, 0.2) is 41.3 Å². The molecule has 2 heterocycles. The molecule has 0 spiro atoms. The number of thiocarbonyl (C=S) groups is 1. The van der Waals surface area contributed by atoms with E-state index in [0.29, 0.717) is 45.0 Å². The molecule has 0 saturated carbocycles. The Morgan fingerprint density at radius 2 is 1.70 bits per heavy atom. The number of benzene rings is 2. The van der Waals surface area contributed by atoms with E-state index in [4.69, 9.17) is 26.8 Å². The van der Waals surface area contributed by atoms with Gasteiger partial charge in [-0.25, -0.2) is 15.2 Å². The Kier molecular flexibility index (Phi) is 10.6. The van der Waals surface area contributed by atoms with E-state index in [0.717, 1.165) is 16.8 Å². The summed E-state index contributed by atoms with van der Waals surface area (Å²) in [5.74, 6) is -2.05. The van der Waals surface area contributed by atoms with E-state index in [1.807, 2.05) is 0 Å². The number of aliphatic carboxylic acids is 1. The maximum absolute atomic E-state index is 13.5. The third-order valence-corrected chi connectivity index (χ3v) is 7.81. The number of alkyl halides is 6. The molecule has 2 aliphatic rings. The molecule has 2 aliphatic heterocycles. The minimum atomic E-state index is -5.05. The third kappa shape index (κ3) is 8.48. The molecule has 2 aromatic carbocycles. The number of carbonyl (C=O) groups is 2. The second-order valence-corrected chi connectivity index (χ2v) is 11.3. The monoisotopic (exact) mass is 665 g/mol. The van der Waals surface area contributed by atoms with Crippen LogP contribution in [0, 0.1) is 0 Å². The van der Waals surface area contributed by atoms with Crippen LogP contribution in [-0.2, 0) is 26.7 Å². The Bertz CT molecular complexity index is 1410. The van der Waals surface area contributed by atoms with Crippen molar-refractivity contribution in [2.75, 3.05) is 46.0 Å². The van der Waals surface area contributed by atoms with Gasteiger partial charge in [0, 0.05) is 25.2 Å². The minimum Gasteiger partial charge on any atom is -0.492 e. The maximum Gasteiger partial charge on any atom is 0.416 e. The van der Waals surface area contributed by atoms with E-state index in [1.54, 1.807) is 0 Å². The molecule has 0 aliphatic carbocycles. The maximum atomic E-state index is 13.5. The van der Waals surface area contributed by atoms with Gasteiger partial charge in [0.15, 0.2) is 10.4 Å². The van der Waals surface area contributed by atoms with Gasteiger partial charge in [-0.15, -0.1) is 0 Å². The van der Waals surface area contributed by atoms with E-state index in [1.165, 1.54) is 24.3 Å². The van der Waals surface area contributed by atoms with Gasteiger partial charge in [-0.1, -0.05) is 30.0 Å². The molecule has 0 radical (unpaired) electrons. The smallest absolute Gasteiger partial charge is 0.416 e. The van der Waals surface area contributed by atoms with Crippen molar-refractivity contribution in [3.63, 3.8) is 0 Å². The lowest BCUT2D eigenvalue weighted by Gasteiger charge is -2.26. The van der Waals surface area contributed by atoms with Gasteiger partial charge in [-0.3, -0.25) is 9.69 Å². The number of thioether (sulfide) groups is 1. The molecular formula is C27H25F6N3O6S2. The molecule has 44 heavy (non-hydrogen) atoms. The first-order valence-corrected chi connectivity index (χ1v) is 14.1. The van der Waals surface area contributed by atoms with Crippen LogP contribution in [0.5, 0.6) is 5.75 Å². The molecule has 2 aromatic rings. The summed E-state index contributed by atoms with van der Waals surface area (Å²) in [7, 11) is 0. The quantitative estimate of drug-likeness (QED) is 0.194. The SMILES string of the molecule is O=C(O)C(O)CNN1C(=O)C(=Cc2cc(-c3cc(C(F)(F)F)cc(C(F)(F)F)c3)ccc2OCCN2CCOCC2)SC1=S. The number of carboxylic acids is 1. The van der Waals surface area contributed by atoms with Crippen molar-refractivity contribution in [3.05, 3.63) is 58.0 Å². The fourth-order valence-electron chi connectivity index (χ4n) is 4.21. The van der Waals surface area contributed by atoms with Crippen LogP contribution in [0.1, 0.15) is 16.7 Å². The lowest BCUT2D eigenvalue weighted by Crippen LogP contribution is -2.46. The highest BCUT2D eigenvalue weighted by atomic mass is 32.2. The first kappa shape index (κ1) is 33.7. The number of amides is 1. The predicted octanol–water partition coefficient (Wildman–Crippen LogP) is 4.25. The average molecular weight is 666 g/mol. The van der Waals surface area contributed by atoms with Crippen molar-refractivity contribution in [1.29, 1.82) is 0 Å². The van der Waals surface area contributed by atoms with E-state index >= 15 is 0 Å². The zero-order valence-electron chi connectivity index (χ0n) is 22.6. The average Bonchev–Trinajstić information content (AvgIpc) is 3.23. The van der Waals surface area contributed by atoms with Crippen LogP contribution >= 0.6 is 24.0 Å². The fraction of sp³-hybridized carbons (Fsp3) is 0.370. The Hall–Kier alpha value is -3.22. The highest BCUT2D eigenvalue weighted by Gasteiger charge is 2.37. The summed E-state index contributed by atoms with van der Waals surface area (Å²) in [6.07, 6.45) is -10.6. The van der Waals surface area contributed by atoms with Crippen molar-refractivity contribution in [2.45, 2.75) is 18.5 Å². The van der Waals surface area contributed by atoms with Crippen molar-refractivity contribution >= 4 is 46.3 Å². The summed E-state index contributed by atoms with van der Waals surface area (Å²) in [5.41, 5.74) is -0.734. The molecule has 2 fully saturated rings. The number of halogens is 6. The van der Waals surface area contributed by atoms with Crippen molar-refractivity contribution in [1.82, 2.24) is 15.3 Å². The Morgan fingerprint density at radius 1 is 1.07 bits per heavy atom. The molecule has 4 rings (SSSR count). The highest BCUT2D eigenvalue weighted by molar-refractivity contribution is 8.26. The number of nitrogens with zero attached hydrogens (tertiary/aromatic N) is 2. The Balaban J connectivity index is 1.69. The third-order valence-electron chi connectivity index (χ3n) is 6.51. The molecule has 9 nitrogen and oxygen atoms in total. The topological polar surface area (TPSA) is 112 Å². The lowest BCUT2D eigenvalue weighted by atomic mass is 9.97. The molecule has 1 amide bonds. The number of hydrogen-bond acceptors (Lipinski definition) is 9. The zero-order chi connectivity index (χ0) is 32.2. The van der Waals surface area contributed by atoms with Crippen molar-refractivity contribution in [3.8, 4) is 16.9 Å². The van der Waals surface area contributed by atoms with E-state index < -0.39 is 48.0 Å². The van der Waals surface area contributed by atoms with Crippen LogP contribution in [-0.4, -0.2) is 88.4 Å². The zero-order valence-corrected chi connectivity index (χ0v) is 24.2. The first-order chi connectivity index (χ1) is 20.6. The molecule has 1 unspecified atom stereocenters. The molecule has 0 aromatic heterocycles. The molecular weight excluding hydrogens is 640 g/mol. The van der Waals surface area contributed by atoms with Crippen LogP contribution < -0.4 is 10.2 Å². The number of morpholine rings is 1. The number of carboxylic acid groups (broad SMARTS) is 1. The molecule has 3 N–H and O–H groups in total. The number of hydrogen-bond donors (Lipinski definition) is 3. The predicted molar refractivity (Wildman–Crippen MR) is 151 cm³/mol. The molecule has 238 valence electrons. The van der Waals surface area contributed by atoms with E-state index in [9.17, 15) is 41.0 Å². The lowest BCUT2D eigenvalue weighted by molar-refractivity contribution is -0.147. The highest BCUT2D eigenvalue weighted by Crippen LogP contribution is 2.40. The van der Waals surface area contributed by atoms with E-state index in [-0.39, 0.29) is 44.3 Å². The van der Waals surface area contributed by atoms with E-state index in [2.05, 4.69) is 10.3 Å². The van der Waals surface area contributed by atoms with Crippen LogP contribution in [0.25, 0.3) is 17.2 Å². The molecule has 1 atom stereocenters. The number of nitrogens with one attached hydrogen (secondary N) is 1. The normalized spacial score (nSPS) is 18.2. The van der Waals surface area contributed by atoms with Gasteiger partial charge in [0.25, 0.3) is 5.91 Å². The largest absolute Gasteiger partial charge is 0.492 e. The fourth-order valence-corrected chi connectivity index (χ4v) is 5.42. The first-order valence-electron chi connectivity index (χ1n) is 12.9. The number of rotatable bonds is 10. The van der Waals surface area contributed by atoms with Gasteiger partial charge in [-0.05, 0) is 47.5 Å². The summed E-state index contributed by atoms with van der Waals surface area (Å²) in [4.78, 5) is 26.0. The van der Waals surface area contributed by atoms with Crippen LogP contribution in [0.4, 0.5) is 26.3 Å². The van der Waals surface area contributed by atoms with Crippen LogP contribution in [0.2, 0.25) is 0 Å².